The molecule has 2 aromatic rings. The molecule has 2 aromatic heterocycles. The highest BCUT2D eigenvalue weighted by molar-refractivity contribution is 7.12. The molecule has 106 valence electrons. The summed E-state index contributed by atoms with van der Waals surface area (Å²) in [5, 5.41) is 8.56. The van der Waals surface area contributed by atoms with E-state index in [4.69, 9.17) is 0 Å². The summed E-state index contributed by atoms with van der Waals surface area (Å²) in [4.78, 5) is 26.3. The zero-order valence-corrected chi connectivity index (χ0v) is 13.0. The highest BCUT2D eigenvalue weighted by Crippen LogP contribution is 2.10. The minimum Gasteiger partial charge on any atom is -0.340 e. The lowest BCUT2D eigenvalue weighted by Crippen LogP contribution is -2.45. The van der Waals surface area contributed by atoms with Gasteiger partial charge in [-0.2, -0.15) is 11.3 Å². The van der Waals surface area contributed by atoms with Gasteiger partial charge in [0.15, 0.2) is 0 Å². The van der Waals surface area contributed by atoms with Gasteiger partial charge in [-0.3, -0.25) is 9.59 Å². The fourth-order valence-electron chi connectivity index (χ4n) is 1.80. The molecular weight excluding hydrogens is 292 g/mol. The molecule has 0 aliphatic heterocycles. The van der Waals surface area contributed by atoms with Gasteiger partial charge in [0.2, 0.25) is 5.91 Å². The summed E-state index contributed by atoms with van der Waals surface area (Å²) in [5.41, 5.74) is 1.10. The molecule has 0 spiro atoms. The monoisotopic (exact) mass is 308 g/mol. The Hall–Kier alpha value is -1.66. The van der Waals surface area contributed by atoms with Gasteiger partial charge in [-0.05, 0) is 40.8 Å². The number of rotatable bonds is 5. The molecule has 1 N–H and O–H groups in total. The van der Waals surface area contributed by atoms with Crippen molar-refractivity contribution in [1.29, 1.82) is 0 Å². The summed E-state index contributed by atoms with van der Waals surface area (Å²) in [6.45, 7) is 2.26. The number of carbonyl (C=O) groups excluding carboxylic acids is 2. The van der Waals surface area contributed by atoms with E-state index in [0.29, 0.717) is 11.4 Å². The molecule has 20 heavy (non-hydrogen) atoms. The molecule has 2 amide bonds. The highest BCUT2D eigenvalue weighted by Gasteiger charge is 2.20. The number of hydrogen-bond acceptors (Lipinski definition) is 4. The molecule has 0 bridgehead atoms. The van der Waals surface area contributed by atoms with Crippen molar-refractivity contribution in [2.75, 3.05) is 7.05 Å². The molecule has 0 aliphatic rings. The van der Waals surface area contributed by atoms with Crippen LogP contribution < -0.4 is 5.32 Å². The molecular formula is C14H16N2O2S2. The Kier molecular flexibility index (Phi) is 4.92. The molecule has 6 heteroatoms. The lowest BCUT2D eigenvalue weighted by Gasteiger charge is -2.21. The first-order valence-electron chi connectivity index (χ1n) is 6.18. The molecule has 4 nitrogen and oxygen atoms in total. The van der Waals surface area contributed by atoms with Crippen molar-refractivity contribution in [3.63, 3.8) is 0 Å². The summed E-state index contributed by atoms with van der Waals surface area (Å²) in [6, 6.07) is 5.01. The van der Waals surface area contributed by atoms with E-state index in [-0.39, 0.29) is 11.8 Å². The number of amides is 2. The fraction of sp³-hybridized carbons (Fsp3) is 0.286. The second-order valence-electron chi connectivity index (χ2n) is 4.50. The molecule has 0 saturated carbocycles. The maximum absolute atomic E-state index is 12.2. The standard InChI is InChI=1S/C14H16N2O2S2/c1-10(15-13(17)12-4-3-6-20-12)14(18)16(2)8-11-5-7-19-9-11/h3-7,9-10H,8H2,1-2H3,(H,15,17)/t10-/m0/s1. The van der Waals surface area contributed by atoms with Gasteiger partial charge in [0.05, 0.1) is 4.88 Å². The van der Waals surface area contributed by atoms with E-state index < -0.39 is 6.04 Å². The maximum Gasteiger partial charge on any atom is 0.261 e. The number of thiophene rings is 2. The molecule has 0 fully saturated rings. The Morgan fingerprint density at radius 2 is 2.15 bits per heavy atom. The van der Waals surface area contributed by atoms with Crippen molar-refractivity contribution in [3.8, 4) is 0 Å². The van der Waals surface area contributed by atoms with Crippen molar-refractivity contribution in [3.05, 3.63) is 44.8 Å². The van der Waals surface area contributed by atoms with Crippen LogP contribution in [0.15, 0.2) is 34.3 Å². The molecule has 2 heterocycles. The van der Waals surface area contributed by atoms with Gasteiger partial charge in [-0.25, -0.2) is 0 Å². The first kappa shape index (κ1) is 14.7. The molecule has 0 saturated heterocycles. The molecule has 0 radical (unpaired) electrons. The van der Waals surface area contributed by atoms with Crippen LogP contribution >= 0.6 is 22.7 Å². The second-order valence-corrected chi connectivity index (χ2v) is 6.23. The lowest BCUT2D eigenvalue weighted by molar-refractivity contribution is -0.132. The Bertz CT molecular complexity index is 564. The molecule has 2 rings (SSSR count). The van der Waals surface area contributed by atoms with Crippen LogP contribution in [0.4, 0.5) is 0 Å². The zero-order chi connectivity index (χ0) is 14.5. The summed E-state index contributed by atoms with van der Waals surface area (Å²) >= 11 is 2.97. The summed E-state index contributed by atoms with van der Waals surface area (Å²) in [6.07, 6.45) is 0. The largest absolute Gasteiger partial charge is 0.340 e. The smallest absolute Gasteiger partial charge is 0.261 e. The molecule has 0 aromatic carbocycles. The van der Waals surface area contributed by atoms with E-state index in [9.17, 15) is 9.59 Å². The van der Waals surface area contributed by atoms with Gasteiger partial charge in [0.1, 0.15) is 6.04 Å². The van der Waals surface area contributed by atoms with E-state index >= 15 is 0 Å². The van der Waals surface area contributed by atoms with Gasteiger partial charge in [-0.1, -0.05) is 6.07 Å². The maximum atomic E-state index is 12.2. The van der Waals surface area contributed by atoms with Gasteiger partial charge in [0.25, 0.3) is 5.91 Å². The minimum absolute atomic E-state index is 0.0962. The predicted molar refractivity (Wildman–Crippen MR) is 82.0 cm³/mol. The second kappa shape index (κ2) is 6.67. The van der Waals surface area contributed by atoms with Crippen molar-refractivity contribution in [2.45, 2.75) is 19.5 Å². The normalized spacial score (nSPS) is 11.9. The van der Waals surface area contributed by atoms with E-state index in [1.54, 1.807) is 36.3 Å². The average Bonchev–Trinajstić information content (AvgIpc) is 3.10. The van der Waals surface area contributed by atoms with Crippen LogP contribution in [0.1, 0.15) is 22.2 Å². The van der Waals surface area contributed by atoms with Gasteiger partial charge < -0.3 is 10.2 Å². The Morgan fingerprint density at radius 3 is 2.75 bits per heavy atom. The number of nitrogens with zero attached hydrogens (tertiary/aromatic N) is 1. The summed E-state index contributed by atoms with van der Waals surface area (Å²) < 4.78 is 0. The van der Waals surface area contributed by atoms with Crippen LogP contribution in [-0.4, -0.2) is 29.8 Å². The predicted octanol–water partition coefficient (Wildman–Crippen LogP) is 2.59. The van der Waals surface area contributed by atoms with Crippen LogP contribution in [0, 0.1) is 0 Å². The van der Waals surface area contributed by atoms with Crippen LogP contribution in [0.3, 0.4) is 0 Å². The average molecular weight is 308 g/mol. The Morgan fingerprint density at radius 1 is 1.35 bits per heavy atom. The van der Waals surface area contributed by atoms with Crippen LogP contribution in [0.2, 0.25) is 0 Å². The van der Waals surface area contributed by atoms with Gasteiger partial charge in [-0.15, -0.1) is 11.3 Å². The van der Waals surface area contributed by atoms with Crippen LogP contribution in [0.25, 0.3) is 0 Å². The summed E-state index contributed by atoms with van der Waals surface area (Å²) in [5.74, 6) is -0.300. The Labute approximate surface area is 126 Å². The molecule has 0 unspecified atom stereocenters. The summed E-state index contributed by atoms with van der Waals surface area (Å²) in [7, 11) is 1.74. The first-order valence-corrected chi connectivity index (χ1v) is 8.00. The van der Waals surface area contributed by atoms with E-state index in [0.717, 1.165) is 5.56 Å². The van der Waals surface area contributed by atoms with Crippen molar-refractivity contribution < 1.29 is 9.59 Å². The quantitative estimate of drug-likeness (QED) is 0.923. The Balaban J connectivity index is 1.89. The number of likely N-dealkylation sites (N-methyl/N-ethyl adjacent to an activating group) is 1. The third-order valence-corrected chi connectivity index (χ3v) is 4.44. The third-order valence-electron chi connectivity index (χ3n) is 2.84. The van der Waals surface area contributed by atoms with Crippen molar-refractivity contribution in [1.82, 2.24) is 10.2 Å². The van der Waals surface area contributed by atoms with Crippen LogP contribution in [0.5, 0.6) is 0 Å². The topological polar surface area (TPSA) is 49.4 Å². The van der Waals surface area contributed by atoms with Gasteiger partial charge in [0, 0.05) is 13.6 Å². The van der Waals surface area contributed by atoms with E-state index in [1.807, 2.05) is 28.3 Å². The van der Waals surface area contributed by atoms with Gasteiger partial charge >= 0.3 is 0 Å². The zero-order valence-electron chi connectivity index (χ0n) is 11.3. The highest BCUT2D eigenvalue weighted by atomic mass is 32.1. The van der Waals surface area contributed by atoms with Crippen molar-refractivity contribution >= 4 is 34.5 Å². The van der Waals surface area contributed by atoms with Crippen molar-refractivity contribution in [2.24, 2.45) is 0 Å². The van der Waals surface area contributed by atoms with E-state index in [1.165, 1.54) is 11.3 Å². The van der Waals surface area contributed by atoms with Crippen LogP contribution in [-0.2, 0) is 11.3 Å². The SMILES string of the molecule is C[C@H](NC(=O)c1cccs1)C(=O)N(C)Cc1ccsc1. The first-order chi connectivity index (χ1) is 9.58. The third kappa shape index (κ3) is 3.68. The molecule has 0 aliphatic carbocycles. The van der Waals surface area contributed by atoms with E-state index in [2.05, 4.69) is 5.32 Å². The number of carbonyl (C=O) groups is 2. The minimum atomic E-state index is -0.534. The fourth-order valence-corrected chi connectivity index (χ4v) is 3.09. The number of nitrogens with one attached hydrogen (secondary N) is 1. The number of hydrogen-bond donors (Lipinski definition) is 1. The molecule has 1 atom stereocenters. The lowest BCUT2D eigenvalue weighted by atomic mass is 10.2.